The number of ether oxygens (including phenoxy) is 1. The van der Waals surface area contributed by atoms with Crippen LogP contribution in [0.3, 0.4) is 0 Å². The molecule has 1 aliphatic heterocycles. The molecule has 118 valence electrons. The molecule has 0 bridgehead atoms. The van der Waals surface area contributed by atoms with Crippen molar-refractivity contribution in [3.05, 3.63) is 21.9 Å². The average molecular weight is 317 g/mol. The van der Waals surface area contributed by atoms with Crippen LogP contribution in [0.4, 0.5) is 0 Å². The monoisotopic (exact) mass is 317 g/mol. The molecule has 2 heterocycles. The lowest BCUT2D eigenvalue weighted by Crippen LogP contribution is -2.26. The molecule has 0 aromatic carbocycles. The molecule has 1 aliphatic rings. The summed E-state index contributed by atoms with van der Waals surface area (Å²) in [5.41, 5.74) is 1.46. The molecule has 0 spiro atoms. The number of carboxylic acids is 2. The van der Waals surface area contributed by atoms with Crippen molar-refractivity contribution < 1.29 is 29.6 Å². The summed E-state index contributed by atoms with van der Waals surface area (Å²) in [6.07, 6.45) is -1.28. The van der Waals surface area contributed by atoms with Gasteiger partial charge >= 0.3 is 11.9 Å². The van der Waals surface area contributed by atoms with Gasteiger partial charge in [-0.25, -0.2) is 4.79 Å². The number of aliphatic hydroxyl groups excluding tert-OH is 1. The predicted octanol–water partition coefficient (Wildman–Crippen LogP) is 0.788. The second-order valence-electron chi connectivity index (χ2n) is 4.70. The Balaban J connectivity index is 0.000000222. The van der Waals surface area contributed by atoms with E-state index < -0.39 is 24.5 Å². The number of thiophene rings is 1. The smallest absolute Gasteiger partial charge is 0.333 e. The molecular weight excluding hydrogens is 298 g/mol. The fourth-order valence-corrected chi connectivity index (χ4v) is 2.86. The molecule has 1 aromatic heterocycles. The summed E-state index contributed by atoms with van der Waals surface area (Å²) in [4.78, 5) is 22.9. The second kappa shape index (κ2) is 8.08. The third-order valence-electron chi connectivity index (χ3n) is 2.77. The predicted molar refractivity (Wildman–Crippen MR) is 76.3 cm³/mol. The minimum atomic E-state index is -1.79. The summed E-state index contributed by atoms with van der Waals surface area (Å²) in [6, 6.07) is 2.21. The molecule has 0 saturated carbocycles. The Labute approximate surface area is 126 Å². The molecule has 0 unspecified atom stereocenters. The average Bonchev–Trinajstić information content (AvgIpc) is 2.86. The van der Waals surface area contributed by atoms with E-state index in [-0.39, 0.29) is 6.23 Å². The van der Waals surface area contributed by atoms with Crippen molar-refractivity contribution in [3.8, 4) is 0 Å². The zero-order chi connectivity index (χ0) is 16.0. The van der Waals surface area contributed by atoms with Gasteiger partial charge in [-0.05, 0) is 37.5 Å². The molecule has 8 heteroatoms. The minimum Gasteiger partial charge on any atom is -0.481 e. The zero-order valence-corrected chi connectivity index (χ0v) is 12.7. The molecular formula is C13H19NO6S. The normalized spacial score (nSPS) is 18.4. The first-order valence-electron chi connectivity index (χ1n) is 6.30. The van der Waals surface area contributed by atoms with Gasteiger partial charge in [0, 0.05) is 0 Å². The van der Waals surface area contributed by atoms with Crippen molar-refractivity contribution in [1.29, 1.82) is 0 Å². The summed E-state index contributed by atoms with van der Waals surface area (Å²) in [5.74, 6) is -2.85. The van der Waals surface area contributed by atoms with E-state index in [2.05, 4.69) is 30.4 Å². The van der Waals surface area contributed by atoms with E-state index in [4.69, 9.17) is 20.1 Å². The molecule has 3 N–H and O–H groups in total. The maximum absolute atomic E-state index is 9.72. The van der Waals surface area contributed by atoms with Gasteiger partial charge in [-0.15, -0.1) is 11.3 Å². The number of hydrogen-bond donors (Lipinski definition) is 3. The van der Waals surface area contributed by atoms with Crippen LogP contribution in [0.5, 0.6) is 0 Å². The Morgan fingerprint density at radius 2 is 2.14 bits per heavy atom. The van der Waals surface area contributed by atoms with Gasteiger partial charge in [-0.1, -0.05) is 0 Å². The molecule has 0 fully saturated rings. The summed E-state index contributed by atoms with van der Waals surface area (Å²) in [6.45, 7) is 0.854. The Kier molecular flexibility index (Phi) is 6.76. The summed E-state index contributed by atoms with van der Waals surface area (Å²) >= 11 is 1.80. The van der Waals surface area contributed by atoms with Crippen LogP contribution in [-0.4, -0.2) is 59.0 Å². The molecule has 7 nitrogen and oxygen atoms in total. The van der Waals surface area contributed by atoms with E-state index in [1.54, 1.807) is 11.3 Å². The van der Waals surface area contributed by atoms with Crippen LogP contribution in [0.1, 0.15) is 23.1 Å². The summed E-state index contributed by atoms with van der Waals surface area (Å²) in [7, 11) is 4.11. The van der Waals surface area contributed by atoms with Crippen LogP contribution in [0.25, 0.3) is 0 Å². The molecule has 0 saturated heterocycles. The lowest BCUT2D eigenvalue weighted by molar-refractivity contribution is -0.152. The van der Waals surface area contributed by atoms with Crippen LogP contribution < -0.4 is 0 Å². The molecule has 0 aliphatic carbocycles. The van der Waals surface area contributed by atoms with E-state index in [1.807, 2.05) is 0 Å². The fourth-order valence-electron chi connectivity index (χ4n) is 1.76. The van der Waals surface area contributed by atoms with Crippen LogP contribution in [0.15, 0.2) is 11.4 Å². The van der Waals surface area contributed by atoms with Gasteiger partial charge in [-0.2, -0.15) is 0 Å². The molecule has 1 aromatic rings. The van der Waals surface area contributed by atoms with E-state index in [9.17, 15) is 9.59 Å². The number of aliphatic carboxylic acids is 2. The first-order valence-corrected chi connectivity index (χ1v) is 7.17. The Bertz CT molecular complexity index is 487. The molecule has 2 rings (SSSR count). The summed E-state index contributed by atoms with van der Waals surface area (Å²) in [5, 5.41) is 26.3. The van der Waals surface area contributed by atoms with Crippen LogP contribution in [0, 0.1) is 0 Å². The number of aliphatic hydroxyl groups is 1. The number of fused-ring (bicyclic) bond motifs is 1. The third-order valence-corrected chi connectivity index (χ3v) is 3.76. The largest absolute Gasteiger partial charge is 0.481 e. The van der Waals surface area contributed by atoms with Gasteiger partial charge in [0.05, 0.1) is 17.9 Å². The van der Waals surface area contributed by atoms with E-state index in [1.165, 1.54) is 10.4 Å². The highest BCUT2D eigenvalue weighted by atomic mass is 32.1. The van der Waals surface area contributed by atoms with Crippen LogP contribution in [-0.2, 0) is 20.7 Å². The SMILES string of the molecule is CN(C)[C@H]1OCCc2ccsc21.O=C(O)C[C@H](O)C(=O)O. The van der Waals surface area contributed by atoms with Crippen LogP contribution in [0.2, 0.25) is 0 Å². The van der Waals surface area contributed by atoms with Crippen LogP contribution >= 0.6 is 11.3 Å². The highest BCUT2D eigenvalue weighted by Crippen LogP contribution is 2.32. The van der Waals surface area contributed by atoms with Gasteiger partial charge in [-0.3, -0.25) is 9.69 Å². The topological polar surface area (TPSA) is 107 Å². The maximum Gasteiger partial charge on any atom is 0.333 e. The van der Waals surface area contributed by atoms with Crippen molar-refractivity contribution in [1.82, 2.24) is 4.90 Å². The van der Waals surface area contributed by atoms with Crippen molar-refractivity contribution >= 4 is 23.3 Å². The standard InChI is InChI=1S/C9H13NOS.C4H6O5/c1-10(2)9-8-7(3-5-11-9)4-6-12-8;5-2(4(8)9)1-3(6)7/h4,6,9H,3,5H2,1-2H3;2,5H,1H2,(H,6,7)(H,8,9)/t9-;2-/m00/s1. The molecule has 0 radical (unpaired) electrons. The lowest BCUT2D eigenvalue weighted by atomic mass is 10.1. The fraction of sp³-hybridized carbons (Fsp3) is 0.538. The van der Waals surface area contributed by atoms with Gasteiger partial charge in [0.1, 0.15) is 6.23 Å². The second-order valence-corrected chi connectivity index (χ2v) is 5.65. The van der Waals surface area contributed by atoms with Gasteiger partial charge < -0.3 is 20.1 Å². The highest BCUT2D eigenvalue weighted by molar-refractivity contribution is 7.10. The first kappa shape index (κ1) is 17.6. The number of carbonyl (C=O) groups is 2. The number of nitrogens with zero attached hydrogens (tertiary/aromatic N) is 1. The number of carboxylic acid groups (broad SMARTS) is 2. The Morgan fingerprint density at radius 1 is 1.48 bits per heavy atom. The van der Waals surface area contributed by atoms with Crippen molar-refractivity contribution in [2.24, 2.45) is 0 Å². The quantitative estimate of drug-likeness (QED) is 0.753. The van der Waals surface area contributed by atoms with Gasteiger partial charge in [0.2, 0.25) is 0 Å². The minimum absolute atomic E-state index is 0.189. The molecule has 21 heavy (non-hydrogen) atoms. The first-order chi connectivity index (χ1) is 9.82. The van der Waals surface area contributed by atoms with E-state index >= 15 is 0 Å². The summed E-state index contributed by atoms with van der Waals surface area (Å²) < 4.78 is 5.66. The third kappa shape index (κ3) is 5.43. The van der Waals surface area contributed by atoms with Gasteiger partial charge in [0.25, 0.3) is 0 Å². The lowest BCUT2D eigenvalue weighted by Gasteiger charge is -2.28. The highest BCUT2D eigenvalue weighted by Gasteiger charge is 2.23. The van der Waals surface area contributed by atoms with E-state index in [0.717, 1.165) is 13.0 Å². The zero-order valence-electron chi connectivity index (χ0n) is 11.9. The Morgan fingerprint density at radius 3 is 2.62 bits per heavy atom. The number of rotatable bonds is 4. The number of hydrogen-bond acceptors (Lipinski definition) is 6. The molecule has 2 atom stereocenters. The maximum atomic E-state index is 9.72. The van der Waals surface area contributed by atoms with Gasteiger partial charge in [0.15, 0.2) is 6.10 Å². The van der Waals surface area contributed by atoms with Crippen molar-refractivity contribution in [2.75, 3.05) is 20.7 Å². The van der Waals surface area contributed by atoms with Crippen molar-refractivity contribution in [2.45, 2.75) is 25.2 Å². The molecule has 0 amide bonds. The van der Waals surface area contributed by atoms with Crippen molar-refractivity contribution in [3.63, 3.8) is 0 Å². The van der Waals surface area contributed by atoms with E-state index in [0.29, 0.717) is 0 Å². The Hall–Kier alpha value is -1.48.